The van der Waals surface area contributed by atoms with Gasteiger partial charge < -0.3 is 10.6 Å². The van der Waals surface area contributed by atoms with Gasteiger partial charge in [-0.05, 0) is 36.8 Å². The Balaban J connectivity index is 2.08. The average Bonchev–Trinajstić information content (AvgIpc) is 2.60. The van der Waals surface area contributed by atoms with Crippen molar-refractivity contribution in [1.29, 1.82) is 0 Å². The number of nitrogens with one attached hydrogen (secondary N) is 2. The predicted molar refractivity (Wildman–Crippen MR) is 93.6 cm³/mol. The highest BCUT2D eigenvalue weighted by Crippen LogP contribution is 2.18. The summed E-state index contributed by atoms with van der Waals surface area (Å²) in [7, 11) is 0. The number of benzene rings is 2. The number of aryl methyl sites for hydroxylation is 1. The highest BCUT2D eigenvalue weighted by Gasteiger charge is 2.28. The van der Waals surface area contributed by atoms with Crippen molar-refractivity contribution in [3.8, 4) is 0 Å². The van der Waals surface area contributed by atoms with Crippen LogP contribution in [0.15, 0.2) is 48.5 Å². The van der Waals surface area contributed by atoms with Crippen LogP contribution < -0.4 is 10.6 Å². The van der Waals surface area contributed by atoms with Crippen LogP contribution in [0.25, 0.3) is 6.08 Å². The minimum absolute atomic E-state index is 0.0294. The fourth-order valence-corrected chi connectivity index (χ4v) is 2.13. The van der Waals surface area contributed by atoms with Crippen molar-refractivity contribution < 1.29 is 27.2 Å². The van der Waals surface area contributed by atoms with E-state index < -0.39 is 30.4 Å². The second-order valence-corrected chi connectivity index (χ2v) is 5.67. The Morgan fingerprint density at radius 3 is 2.48 bits per heavy atom. The topological polar surface area (TPSA) is 58.2 Å². The lowest BCUT2D eigenvalue weighted by atomic mass is 10.1. The van der Waals surface area contributed by atoms with Crippen LogP contribution in [0, 0.1) is 12.7 Å². The highest BCUT2D eigenvalue weighted by molar-refractivity contribution is 6.03. The highest BCUT2D eigenvalue weighted by atomic mass is 19.4. The Morgan fingerprint density at radius 2 is 1.81 bits per heavy atom. The van der Waals surface area contributed by atoms with Gasteiger partial charge in [0.2, 0.25) is 5.91 Å². The standard InChI is InChI=1S/C19H16F4N2O2/c1-12-6-7-14(18(27)24-11-19(21,22)23)10-16(12)25-17(26)9-8-13-4-2-3-5-15(13)20/h2-10H,11H2,1H3,(H,24,27)(H,25,26). The summed E-state index contributed by atoms with van der Waals surface area (Å²) in [5.41, 5.74) is 1.07. The van der Waals surface area contributed by atoms with Crippen LogP contribution in [0.5, 0.6) is 0 Å². The van der Waals surface area contributed by atoms with E-state index in [1.54, 1.807) is 18.3 Å². The van der Waals surface area contributed by atoms with E-state index in [0.29, 0.717) is 5.56 Å². The zero-order chi connectivity index (χ0) is 20.0. The van der Waals surface area contributed by atoms with Crippen LogP contribution >= 0.6 is 0 Å². The summed E-state index contributed by atoms with van der Waals surface area (Å²) in [6, 6.07) is 10.0. The quantitative estimate of drug-likeness (QED) is 0.607. The van der Waals surface area contributed by atoms with Crippen molar-refractivity contribution in [2.45, 2.75) is 13.1 Å². The molecule has 4 nitrogen and oxygen atoms in total. The summed E-state index contributed by atoms with van der Waals surface area (Å²) >= 11 is 0. The molecule has 0 bridgehead atoms. The maximum absolute atomic E-state index is 13.5. The molecule has 0 saturated carbocycles. The molecule has 0 atom stereocenters. The molecular weight excluding hydrogens is 364 g/mol. The number of anilines is 1. The van der Waals surface area contributed by atoms with Gasteiger partial charge in [-0.2, -0.15) is 13.2 Å². The molecule has 0 heterocycles. The summed E-state index contributed by atoms with van der Waals surface area (Å²) in [4.78, 5) is 23.8. The monoisotopic (exact) mass is 380 g/mol. The first-order valence-corrected chi connectivity index (χ1v) is 7.85. The first-order valence-electron chi connectivity index (χ1n) is 7.85. The van der Waals surface area contributed by atoms with Gasteiger partial charge in [-0.15, -0.1) is 0 Å². The molecule has 0 aliphatic heterocycles. The van der Waals surface area contributed by atoms with Crippen LogP contribution in [0.1, 0.15) is 21.5 Å². The van der Waals surface area contributed by atoms with Crippen molar-refractivity contribution in [2.75, 3.05) is 11.9 Å². The van der Waals surface area contributed by atoms with Crippen molar-refractivity contribution >= 4 is 23.6 Å². The summed E-state index contributed by atoms with van der Waals surface area (Å²) in [5, 5.41) is 4.28. The maximum Gasteiger partial charge on any atom is 0.405 e. The molecule has 2 aromatic rings. The SMILES string of the molecule is Cc1ccc(C(=O)NCC(F)(F)F)cc1NC(=O)C=Cc1ccccc1F. The molecule has 2 rings (SSSR count). The molecule has 8 heteroatoms. The third-order valence-corrected chi connectivity index (χ3v) is 3.53. The Hall–Kier alpha value is -3.16. The van der Waals surface area contributed by atoms with Gasteiger partial charge in [-0.3, -0.25) is 9.59 Å². The van der Waals surface area contributed by atoms with Gasteiger partial charge in [0, 0.05) is 22.9 Å². The van der Waals surface area contributed by atoms with E-state index >= 15 is 0 Å². The van der Waals surface area contributed by atoms with E-state index in [1.165, 1.54) is 42.5 Å². The van der Waals surface area contributed by atoms with E-state index in [1.807, 2.05) is 0 Å². The fourth-order valence-electron chi connectivity index (χ4n) is 2.13. The van der Waals surface area contributed by atoms with Crippen molar-refractivity contribution in [3.63, 3.8) is 0 Å². The van der Waals surface area contributed by atoms with Gasteiger partial charge in [0.05, 0.1) is 0 Å². The minimum atomic E-state index is -4.52. The van der Waals surface area contributed by atoms with Gasteiger partial charge in [-0.25, -0.2) is 4.39 Å². The molecule has 0 saturated heterocycles. The molecule has 0 aromatic heterocycles. The second-order valence-electron chi connectivity index (χ2n) is 5.67. The first-order chi connectivity index (χ1) is 12.7. The molecule has 27 heavy (non-hydrogen) atoms. The largest absolute Gasteiger partial charge is 0.405 e. The maximum atomic E-state index is 13.5. The molecule has 0 fully saturated rings. The molecule has 0 unspecified atom stereocenters. The fraction of sp³-hybridized carbons (Fsp3) is 0.158. The number of halogens is 4. The first kappa shape index (κ1) is 20.2. The van der Waals surface area contributed by atoms with Crippen LogP contribution in [0.4, 0.5) is 23.2 Å². The third-order valence-electron chi connectivity index (χ3n) is 3.53. The number of hydrogen-bond acceptors (Lipinski definition) is 2. The zero-order valence-electron chi connectivity index (χ0n) is 14.2. The van der Waals surface area contributed by atoms with Gasteiger partial charge in [-0.1, -0.05) is 24.3 Å². The average molecular weight is 380 g/mol. The Bertz CT molecular complexity index is 876. The lowest BCUT2D eigenvalue weighted by Gasteiger charge is -2.11. The smallest absolute Gasteiger partial charge is 0.343 e. The molecular formula is C19H16F4N2O2. The van der Waals surface area contributed by atoms with E-state index in [4.69, 9.17) is 0 Å². The van der Waals surface area contributed by atoms with Crippen LogP contribution in [-0.2, 0) is 4.79 Å². The van der Waals surface area contributed by atoms with E-state index in [9.17, 15) is 27.2 Å². The van der Waals surface area contributed by atoms with Crippen molar-refractivity contribution in [1.82, 2.24) is 5.32 Å². The molecule has 142 valence electrons. The number of amides is 2. The van der Waals surface area contributed by atoms with Gasteiger partial charge in [0.1, 0.15) is 12.4 Å². The Morgan fingerprint density at radius 1 is 1.11 bits per heavy atom. The van der Waals surface area contributed by atoms with Crippen molar-refractivity contribution in [2.24, 2.45) is 0 Å². The number of carbonyl (C=O) groups excluding carboxylic acids is 2. The number of alkyl halides is 3. The summed E-state index contributed by atoms with van der Waals surface area (Å²) in [6.07, 6.45) is -2.11. The molecule has 2 aromatic carbocycles. The zero-order valence-corrected chi connectivity index (χ0v) is 14.2. The number of rotatable bonds is 5. The number of carbonyl (C=O) groups is 2. The molecule has 0 aliphatic rings. The molecule has 0 radical (unpaired) electrons. The third kappa shape index (κ3) is 6.25. The molecule has 2 amide bonds. The minimum Gasteiger partial charge on any atom is -0.343 e. The van der Waals surface area contributed by atoms with E-state index in [-0.39, 0.29) is 16.8 Å². The summed E-state index contributed by atoms with van der Waals surface area (Å²) < 4.78 is 50.1. The van der Waals surface area contributed by atoms with Gasteiger partial charge in [0.25, 0.3) is 5.91 Å². The van der Waals surface area contributed by atoms with Crippen molar-refractivity contribution in [3.05, 3.63) is 71.0 Å². The van der Waals surface area contributed by atoms with Gasteiger partial charge in [0.15, 0.2) is 0 Å². The normalized spacial score (nSPS) is 11.4. The van der Waals surface area contributed by atoms with Crippen LogP contribution in [0.2, 0.25) is 0 Å². The summed E-state index contributed by atoms with van der Waals surface area (Å²) in [6.45, 7) is 0.209. The lowest BCUT2D eigenvalue weighted by Crippen LogP contribution is -2.33. The van der Waals surface area contributed by atoms with E-state index in [2.05, 4.69) is 5.32 Å². The van der Waals surface area contributed by atoms with E-state index in [0.717, 1.165) is 6.08 Å². The van der Waals surface area contributed by atoms with Crippen LogP contribution in [0.3, 0.4) is 0 Å². The molecule has 2 N–H and O–H groups in total. The van der Waals surface area contributed by atoms with Crippen LogP contribution in [-0.4, -0.2) is 24.5 Å². The molecule has 0 spiro atoms. The molecule has 0 aliphatic carbocycles. The lowest BCUT2D eigenvalue weighted by molar-refractivity contribution is -0.123. The Kier molecular flexibility index (Phi) is 6.33. The summed E-state index contributed by atoms with van der Waals surface area (Å²) in [5.74, 6) is -1.97. The number of hydrogen-bond donors (Lipinski definition) is 2. The van der Waals surface area contributed by atoms with Gasteiger partial charge >= 0.3 is 6.18 Å². The predicted octanol–water partition coefficient (Wildman–Crippen LogP) is 4.08. The second kappa shape index (κ2) is 8.48. The Labute approximate surface area is 152 Å².